The van der Waals surface area contributed by atoms with Gasteiger partial charge in [0.1, 0.15) is 11.8 Å². The Kier molecular flexibility index (Phi) is 6.92. The van der Waals surface area contributed by atoms with Crippen molar-refractivity contribution in [3.8, 4) is 5.75 Å². The average Bonchev–Trinajstić information content (AvgIpc) is 3.13. The van der Waals surface area contributed by atoms with Gasteiger partial charge < -0.3 is 9.47 Å². The van der Waals surface area contributed by atoms with Gasteiger partial charge in [-0.1, -0.05) is 29.5 Å². The maximum atomic E-state index is 13.6. The number of carbonyl (C=O) groups excluding carboxylic acids is 1. The third-order valence-corrected chi connectivity index (χ3v) is 6.42. The van der Waals surface area contributed by atoms with Crippen LogP contribution in [-0.2, 0) is 9.53 Å². The number of aromatic nitrogens is 1. The molecule has 2 aromatic carbocycles. The number of ether oxygens (including phenoxy) is 2. The molecule has 0 saturated carbocycles. The molecule has 0 bridgehead atoms. The molecule has 0 aliphatic carbocycles. The number of benzene rings is 2. The smallest absolute Gasteiger partial charge is 0.338 e. The summed E-state index contributed by atoms with van der Waals surface area (Å²) in [5.41, 5.74) is 1.64. The Bertz CT molecular complexity index is 1500. The average molecular weight is 494 g/mol. The molecule has 3 aromatic rings. The molecular weight excluding hydrogens is 470 g/mol. The topological polar surface area (TPSA) is 113 Å². The Labute approximate surface area is 204 Å². The van der Waals surface area contributed by atoms with Crippen LogP contribution in [0.3, 0.4) is 0 Å². The van der Waals surface area contributed by atoms with Crippen molar-refractivity contribution in [1.29, 1.82) is 0 Å². The van der Waals surface area contributed by atoms with E-state index in [0.29, 0.717) is 38.5 Å². The molecule has 0 unspecified atom stereocenters. The van der Waals surface area contributed by atoms with Crippen molar-refractivity contribution in [2.75, 3.05) is 13.2 Å². The van der Waals surface area contributed by atoms with Crippen LogP contribution in [0.15, 0.2) is 69.6 Å². The molecule has 0 radical (unpaired) electrons. The van der Waals surface area contributed by atoms with E-state index in [1.165, 1.54) is 28.0 Å². The lowest BCUT2D eigenvalue weighted by molar-refractivity contribution is -0.384. The summed E-state index contributed by atoms with van der Waals surface area (Å²) in [5.74, 6) is 0.0103. The minimum absolute atomic E-state index is 0.0363. The molecule has 0 N–H and O–H groups in total. The number of carbonyl (C=O) groups is 1. The normalized spacial score (nSPS) is 15.4. The second kappa shape index (κ2) is 10.1. The number of hydrogen-bond donors (Lipinski definition) is 0. The predicted molar refractivity (Wildman–Crippen MR) is 131 cm³/mol. The van der Waals surface area contributed by atoms with E-state index in [2.05, 4.69) is 4.99 Å². The number of allylic oxidation sites excluding steroid dienone is 1. The van der Waals surface area contributed by atoms with Crippen molar-refractivity contribution in [3.63, 3.8) is 0 Å². The van der Waals surface area contributed by atoms with Crippen LogP contribution in [0, 0.1) is 10.1 Å². The number of thiazole rings is 1. The van der Waals surface area contributed by atoms with Gasteiger partial charge in [-0.25, -0.2) is 9.79 Å². The lowest BCUT2D eigenvalue weighted by Gasteiger charge is -2.26. The number of esters is 1. The molecule has 1 aliphatic heterocycles. The van der Waals surface area contributed by atoms with E-state index in [9.17, 15) is 19.7 Å². The number of nitrogens with zero attached hydrogens (tertiary/aromatic N) is 3. The number of nitro benzene ring substituents is 1. The lowest BCUT2D eigenvalue weighted by Crippen LogP contribution is -2.40. The number of rotatable bonds is 7. The van der Waals surface area contributed by atoms with Crippen LogP contribution in [0.1, 0.15) is 37.9 Å². The van der Waals surface area contributed by atoms with E-state index in [0.717, 1.165) is 0 Å². The fourth-order valence-corrected chi connectivity index (χ4v) is 4.97. The summed E-state index contributed by atoms with van der Waals surface area (Å²) in [6.07, 6.45) is 1.66. The summed E-state index contributed by atoms with van der Waals surface area (Å²) >= 11 is 1.18. The van der Waals surface area contributed by atoms with Crippen molar-refractivity contribution < 1.29 is 19.2 Å². The largest absolute Gasteiger partial charge is 0.494 e. The molecular formula is C25H23N3O6S. The van der Waals surface area contributed by atoms with Crippen LogP contribution in [0.4, 0.5) is 5.69 Å². The van der Waals surface area contributed by atoms with Crippen LogP contribution in [-0.4, -0.2) is 28.7 Å². The van der Waals surface area contributed by atoms with Gasteiger partial charge in [-0.3, -0.25) is 19.5 Å². The van der Waals surface area contributed by atoms with Crippen molar-refractivity contribution >= 4 is 29.1 Å². The number of non-ortho nitro benzene ring substituents is 1. The lowest BCUT2D eigenvalue weighted by atomic mass is 9.95. The standard InChI is InChI=1S/C25H23N3O6S/c1-4-33-19-9-7-6-8-18(19)22-21(24(30)34-5-2)15(3)26-25-27(22)23(29)20(35-25)14-16-10-12-17(13-11-16)28(31)32/h6-14,22H,4-5H2,1-3H3/b20-14-/t22-/m0/s1. The molecule has 1 atom stereocenters. The fraction of sp³-hybridized carbons (Fsp3) is 0.240. The maximum absolute atomic E-state index is 13.6. The molecule has 2 heterocycles. The first kappa shape index (κ1) is 24.1. The second-order valence-electron chi connectivity index (χ2n) is 7.62. The van der Waals surface area contributed by atoms with Crippen molar-refractivity contribution in [2.45, 2.75) is 26.8 Å². The van der Waals surface area contributed by atoms with E-state index in [4.69, 9.17) is 9.47 Å². The minimum Gasteiger partial charge on any atom is -0.494 e. The zero-order valence-corrected chi connectivity index (χ0v) is 20.2. The molecule has 0 saturated heterocycles. The van der Waals surface area contributed by atoms with Gasteiger partial charge in [-0.05, 0) is 50.6 Å². The van der Waals surface area contributed by atoms with Crippen LogP contribution in [0.25, 0.3) is 6.08 Å². The van der Waals surface area contributed by atoms with Gasteiger partial charge in [0.25, 0.3) is 11.2 Å². The molecule has 9 nitrogen and oxygen atoms in total. The van der Waals surface area contributed by atoms with Gasteiger partial charge in [0, 0.05) is 17.7 Å². The fourth-order valence-electron chi connectivity index (χ4n) is 3.92. The number of fused-ring (bicyclic) bond motifs is 1. The Hall–Kier alpha value is -4.05. The highest BCUT2D eigenvalue weighted by Gasteiger charge is 2.35. The molecule has 4 rings (SSSR count). The summed E-state index contributed by atoms with van der Waals surface area (Å²) in [6.45, 7) is 5.89. The summed E-state index contributed by atoms with van der Waals surface area (Å²) in [5, 5.41) is 10.9. The first-order valence-electron chi connectivity index (χ1n) is 11.0. The third-order valence-electron chi connectivity index (χ3n) is 5.43. The van der Waals surface area contributed by atoms with E-state index in [1.54, 1.807) is 38.1 Å². The molecule has 1 aliphatic rings. The predicted octanol–water partition coefficient (Wildman–Crippen LogP) is 3.11. The summed E-state index contributed by atoms with van der Waals surface area (Å²) in [7, 11) is 0. The molecule has 0 fully saturated rings. The van der Waals surface area contributed by atoms with Crippen LogP contribution >= 0.6 is 11.3 Å². The van der Waals surface area contributed by atoms with Crippen LogP contribution in [0.5, 0.6) is 5.75 Å². The van der Waals surface area contributed by atoms with E-state index >= 15 is 0 Å². The quantitative estimate of drug-likeness (QED) is 0.284. The Balaban J connectivity index is 1.94. The number of para-hydroxylation sites is 1. The summed E-state index contributed by atoms with van der Waals surface area (Å²) in [4.78, 5) is 42.1. The van der Waals surface area contributed by atoms with Crippen molar-refractivity contribution in [2.24, 2.45) is 4.99 Å². The molecule has 0 amide bonds. The van der Waals surface area contributed by atoms with Gasteiger partial charge in [0.2, 0.25) is 0 Å². The minimum atomic E-state index is -0.785. The SMILES string of the molecule is CCOC(=O)C1=C(C)N=c2s/c(=C\c3ccc([N+](=O)[O-])cc3)c(=O)n2[C@H]1c1ccccc1OCC. The van der Waals surface area contributed by atoms with E-state index in [-0.39, 0.29) is 23.4 Å². The monoisotopic (exact) mass is 493 g/mol. The van der Waals surface area contributed by atoms with Crippen LogP contribution in [0.2, 0.25) is 0 Å². The van der Waals surface area contributed by atoms with Crippen LogP contribution < -0.4 is 19.6 Å². The zero-order valence-electron chi connectivity index (χ0n) is 19.4. The number of nitro groups is 1. The Morgan fingerprint density at radius 1 is 1.17 bits per heavy atom. The highest BCUT2D eigenvalue weighted by atomic mass is 32.1. The maximum Gasteiger partial charge on any atom is 0.338 e. The van der Waals surface area contributed by atoms with E-state index in [1.807, 2.05) is 25.1 Å². The van der Waals surface area contributed by atoms with Crippen molar-refractivity contribution in [3.05, 3.63) is 101 Å². The molecule has 0 spiro atoms. The first-order chi connectivity index (χ1) is 16.8. The Morgan fingerprint density at radius 2 is 1.89 bits per heavy atom. The molecule has 180 valence electrons. The van der Waals surface area contributed by atoms with Gasteiger partial charge >= 0.3 is 5.97 Å². The summed E-state index contributed by atoms with van der Waals surface area (Å²) < 4.78 is 13.0. The van der Waals surface area contributed by atoms with Crippen molar-refractivity contribution in [1.82, 2.24) is 4.57 Å². The van der Waals surface area contributed by atoms with Gasteiger partial charge in [0.05, 0.1) is 33.9 Å². The number of hydrogen-bond acceptors (Lipinski definition) is 8. The molecule has 10 heteroatoms. The van der Waals surface area contributed by atoms with E-state index < -0.39 is 16.9 Å². The second-order valence-corrected chi connectivity index (χ2v) is 8.63. The molecule has 1 aromatic heterocycles. The molecule has 35 heavy (non-hydrogen) atoms. The third kappa shape index (κ3) is 4.65. The van der Waals surface area contributed by atoms with Gasteiger partial charge in [-0.2, -0.15) is 0 Å². The summed E-state index contributed by atoms with van der Waals surface area (Å²) in [6, 6.07) is 12.4. The first-order valence-corrected chi connectivity index (χ1v) is 11.8. The highest BCUT2D eigenvalue weighted by molar-refractivity contribution is 7.07. The van der Waals surface area contributed by atoms with Gasteiger partial charge in [0.15, 0.2) is 4.80 Å². The van der Waals surface area contributed by atoms with Gasteiger partial charge in [-0.15, -0.1) is 0 Å². The zero-order chi connectivity index (χ0) is 25.1. The Morgan fingerprint density at radius 3 is 2.54 bits per heavy atom. The highest BCUT2D eigenvalue weighted by Crippen LogP contribution is 2.35.